The minimum absolute atomic E-state index is 0.0417. The summed E-state index contributed by atoms with van der Waals surface area (Å²) in [5, 5.41) is 1.50. The maximum atomic E-state index is 11.5. The zero-order chi connectivity index (χ0) is 7.56. The van der Waals surface area contributed by atoms with Crippen molar-refractivity contribution in [3.63, 3.8) is 0 Å². The second kappa shape index (κ2) is 2.92. The monoisotopic (exact) mass is 164 g/mol. The summed E-state index contributed by atoms with van der Waals surface area (Å²) in [7, 11) is 0. The Morgan fingerprint density at radius 3 is 2.80 bits per heavy atom. The van der Waals surface area contributed by atoms with Crippen molar-refractivity contribution in [2.45, 2.75) is 6.61 Å². The molecule has 0 N–H and O–H groups in total. The first-order valence-electron chi connectivity index (χ1n) is 2.41. The molecule has 0 bridgehead atoms. The normalized spacial score (nSPS) is 10.4. The molecule has 0 unspecified atom stereocenters. The first-order chi connectivity index (χ1) is 4.68. The Hall–Kier alpha value is -0.710. The van der Waals surface area contributed by atoms with Crippen LogP contribution in [0.5, 0.6) is 5.19 Å². The third kappa shape index (κ3) is 1.91. The van der Waals surface area contributed by atoms with Gasteiger partial charge in [0.25, 0.3) is 5.19 Å². The van der Waals surface area contributed by atoms with Gasteiger partial charge in [0.15, 0.2) is 0 Å². The predicted octanol–water partition coefficient (Wildman–Crippen LogP) is 1.93. The fourth-order valence-electron chi connectivity index (χ4n) is 0.419. The molecule has 55 valence electrons. The van der Waals surface area contributed by atoms with Gasteiger partial charge in [0.1, 0.15) is 0 Å². The molecule has 2 nitrogen and oxygen atoms in total. The fraction of sp³-hybridized carbons (Fsp3) is 0.200. The van der Waals surface area contributed by atoms with Crippen molar-refractivity contribution >= 4 is 11.3 Å². The molecule has 0 atom stereocenters. The molecule has 0 aliphatic carbocycles. The van der Waals surface area contributed by atoms with Crippen molar-refractivity contribution in [3.8, 4) is 5.19 Å². The molecule has 1 rings (SSSR count). The number of nitrogens with zero attached hydrogens (tertiary/aromatic N) is 1. The van der Waals surface area contributed by atoms with Gasteiger partial charge < -0.3 is 4.74 Å². The van der Waals surface area contributed by atoms with E-state index in [1.54, 1.807) is 0 Å². The third-order valence-electron chi connectivity index (χ3n) is 0.721. The summed E-state index contributed by atoms with van der Waals surface area (Å²) in [5.74, 6) is 0. The highest BCUT2D eigenvalue weighted by atomic mass is 32.1. The summed E-state index contributed by atoms with van der Waals surface area (Å²) in [6, 6.07) is 0. The maximum Gasteiger partial charge on any atom is 0.389 e. The van der Waals surface area contributed by atoms with E-state index in [1.807, 2.05) is 0 Å². The molecular weight excluding hydrogens is 160 g/mol. The van der Waals surface area contributed by atoms with Gasteiger partial charge in [-0.15, -0.1) is 0 Å². The van der Waals surface area contributed by atoms with Crippen molar-refractivity contribution in [1.82, 2.24) is 4.98 Å². The summed E-state index contributed by atoms with van der Waals surface area (Å²) in [4.78, 5) is 3.56. The number of halogens is 2. The molecule has 1 aromatic rings. The molecule has 1 aromatic heterocycles. The van der Waals surface area contributed by atoms with Gasteiger partial charge in [-0.3, -0.25) is 0 Å². The lowest BCUT2D eigenvalue weighted by Gasteiger charge is -1.96. The van der Waals surface area contributed by atoms with E-state index in [0.717, 1.165) is 11.3 Å². The molecule has 0 aromatic carbocycles. The van der Waals surface area contributed by atoms with Gasteiger partial charge in [-0.1, -0.05) is 11.3 Å². The number of thiazole rings is 1. The molecule has 0 saturated heterocycles. The average molecular weight is 164 g/mol. The quantitative estimate of drug-likeness (QED) is 0.666. The second-order valence-electron chi connectivity index (χ2n) is 1.48. The summed E-state index contributed by atoms with van der Waals surface area (Å²) in [5.41, 5.74) is 0.445. The van der Waals surface area contributed by atoms with Crippen LogP contribution in [0.3, 0.4) is 0 Å². The van der Waals surface area contributed by atoms with Gasteiger partial charge in [0.2, 0.25) is 0 Å². The summed E-state index contributed by atoms with van der Waals surface area (Å²) >= 11 is 1.00. The van der Waals surface area contributed by atoms with Crippen LogP contribution in [0.15, 0.2) is 5.38 Å². The van der Waals surface area contributed by atoms with E-state index in [-0.39, 0.29) is 5.19 Å². The largest absolute Gasteiger partial charge is 0.408 e. The average Bonchev–Trinajstić information content (AvgIpc) is 2.13. The van der Waals surface area contributed by atoms with Crippen LogP contribution in [-0.2, 0) is 0 Å². The van der Waals surface area contributed by atoms with E-state index in [9.17, 15) is 8.78 Å². The number of rotatable bonds is 2. The van der Waals surface area contributed by atoms with Gasteiger partial charge in [0.05, 0.1) is 5.69 Å². The molecule has 1 heterocycles. The molecule has 0 amide bonds. The SMILES string of the molecule is [CH2]c1csc(OC(F)F)n1. The van der Waals surface area contributed by atoms with Gasteiger partial charge in [-0.2, -0.15) is 8.78 Å². The number of ether oxygens (including phenoxy) is 1. The Morgan fingerprint density at radius 1 is 1.70 bits per heavy atom. The zero-order valence-electron chi connectivity index (χ0n) is 4.88. The minimum atomic E-state index is -2.80. The van der Waals surface area contributed by atoms with Crippen LogP contribution in [-0.4, -0.2) is 11.6 Å². The first kappa shape index (κ1) is 7.40. The Morgan fingerprint density at radius 2 is 2.40 bits per heavy atom. The molecule has 0 fully saturated rings. The fourth-order valence-corrected chi connectivity index (χ4v) is 1.01. The van der Waals surface area contributed by atoms with E-state index in [2.05, 4.69) is 16.6 Å². The highest BCUT2D eigenvalue weighted by Crippen LogP contribution is 2.18. The number of hydrogen-bond donors (Lipinski definition) is 0. The number of aromatic nitrogens is 1. The smallest absolute Gasteiger partial charge is 0.389 e. The van der Waals surface area contributed by atoms with Crippen LogP contribution in [0.4, 0.5) is 8.78 Å². The van der Waals surface area contributed by atoms with E-state index in [0.29, 0.717) is 5.69 Å². The Labute approximate surface area is 60.5 Å². The van der Waals surface area contributed by atoms with Gasteiger partial charge >= 0.3 is 6.61 Å². The highest BCUT2D eigenvalue weighted by Gasteiger charge is 2.06. The molecule has 1 radical (unpaired) electrons. The van der Waals surface area contributed by atoms with Crippen LogP contribution in [0, 0.1) is 6.92 Å². The van der Waals surface area contributed by atoms with Crippen molar-refractivity contribution < 1.29 is 13.5 Å². The van der Waals surface area contributed by atoms with Gasteiger partial charge in [-0.05, 0) is 6.92 Å². The van der Waals surface area contributed by atoms with Crippen LogP contribution < -0.4 is 4.74 Å². The summed E-state index contributed by atoms with van der Waals surface area (Å²) < 4.78 is 26.9. The van der Waals surface area contributed by atoms with Crippen LogP contribution in [0.25, 0.3) is 0 Å². The third-order valence-corrected chi connectivity index (χ3v) is 1.50. The molecule has 0 aliphatic heterocycles. The molecule has 10 heavy (non-hydrogen) atoms. The van der Waals surface area contributed by atoms with Gasteiger partial charge in [-0.25, -0.2) is 4.98 Å². The molecule has 0 saturated carbocycles. The van der Waals surface area contributed by atoms with Crippen LogP contribution in [0.2, 0.25) is 0 Å². The van der Waals surface area contributed by atoms with Gasteiger partial charge in [0, 0.05) is 5.38 Å². The number of hydrogen-bond acceptors (Lipinski definition) is 3. The first-order valence-corrected chi connectivity index (χ1v) is 3.29. The zero-order valence-corrected chi connectivity index (χ0v) is 5.70. The van der Waals surface area contributed by atoms with E-state index in [4.69, 9.17) is 0 Å². The maximum absolute atomic E-state index is 11.5. The van der Waals surface area contributed by atoms with Crippen LogP contribution >= 0.6 is 11.3 Å². The summed E-state index contributed by atoms with van der Waals surface area (Å²) in [6.45, 7) is 0.622. The molecule has 0 spiro atoms. The van der Waals surface area contributed by atoms with Crippen molar-refractivity contribution in [2.75, 3.05) is 0 Å². The Bertz CT molecular complexity index is 213. The van der Waals surface area contributed by atoms with E-state index >= 15 is 0 Å². The summed E-state index contributed by atoms with van der Waals surface area (Å²) in [6.07, 6.45) is 0. The molecular formula is C5H4F2NOS. The van der Waals surface area contributed by atoms with Crippen molar-refractivity contribution in [3.05, 3.63) is 18.0 Å². The Kier molecular flexibility index (Phi) is 2.16. The molecule has 5 heteroatoms. The predicted molar refractivity (Wildman–Crippen MR) is 33.2 cm³/mol. The topological polar surface area (TPSA) is 22.1 Å². The number of alkyl halides is 2. The van der Waals surface area contributed by atoms with E-state index in [1.165, 1.54) is 5.38 Å². The molecule has 0 aliphatic rings. The minimum Gasteiger partial charge on any atom is -0.408 e. The standard InChI is InChI=1S/C5H4F2NOS/c1-3-2-10-5(8-3)9-4(6)7/h2,4H,1H2. The lowest BCUT2D eigenvalue weighted by Crippen LogP contribution is -2.01. The van der Waals surface area contributed by atoms with Crippen LogP contribution in [0.1, 0.15) is 5.69 Å². The van der Waals surface area contributed by atoms with E-state index < -0.39 is 6.61 Å². The van der Waals surface area contributed by atoms with Crippen molar-refractivity contribution in [1.29, 1.82) is 0 Å². The Balaban J connectivity index is 2.58. The lowest BCUT2D eigenvalue weighted by molar-refractivity contribution is -0.0499. The van der Waals surface area contributed by atoms with Crippen molar-refractivity contribution in [2.24, 2.45) is 0 Å². The second-order valence-corrected chi connectivity index (χ2v) is 2.30. The highest BCUT2D eigenvalue weighted by molar-refractivity contribution is 7.11. The lowest BCUT2D eigenvalue weighted by atomic mass is 10.6.